The van der Waals surface area contributed by atoms with E-state index in [9.17, 15) is 29.0 Å². The van der Waals surface area contributed by atoms with Gasteiger partial charge in [0.25, 0.3) is 5.91 Å². The largest absolute Gasteiger partial charge is 0.479 e. The van der Waals surface area contributed by atoms with Gasteiger partial charge in [-0.15, -0.1) is 0 Å². The highest BCUT2D eigenvalue weighted by Crippen LogP contribution is 2.44. The molecule has 1 aliphatic carbocycles. The van der Waals surface area contributed by atoms with Crippen LogP contribution in [0.25, 0.3) is 11.1 Å². The van der Waals surface area contributed by atoms with Crippen molar-refractivity contribution in [3.8, 4) is 11.1 Å². The molecule has 0 radical (unpaired) electrons. The Morgan fingerprint density at radius 2 is 1.57 bits per heavy atom. The second-order valence-corrected chi connectivity index (χ2v) is 8.37. The summed E-state index contributed by atoms with van der Waals surface area (Å²) in [5.41, 5.74) is 1.38. The Morgan fingerprint density at radius 1 is 0.971 bits per heavy atom. The van der Waals surface area contributed by atoms with Gasteiger partial charge in [0.1, 0.15) is 6.61 Å². The number of hydrogen-bond acceptors (Lipinski definition) is 5. The van der Waals surface area contributed by atoms with Crippen molar-refractivity contribution in [3.05, 3.63) is 89.2 Å². The van der Waals surface area contributed by atoms with Crippen LogP contribution in [0, 0.1) is 5.82 Å². The molecule has 35 heavy (non-hydrogen) atoms. The lowest BCUT2D eigenvalue weighted by molar-refractivity contribution is -0.145. The Labute approximate surface area is 200 Å². The number of halogens is 1. The summed E-state index contributed by atoms with van der Waals surface area (Å²) in [6.07, 6.45) is -0.908. The average molecular weight is 478 g/mol. The van der Waals surface area contributed by atoms with Crippen LogP contribution >= 0.6 is 0 Å². The number of carbonyl (C=O) groups is 3. The molecule has 0 saturated heterocycles. The topological polar surface area (TPSA) is 125 Å². The Morgan fingerprint density at radius 3 is 2.14 bits per heavy atom. The highest BCUT2D eigenvalue weighted by atomic mass is 19.1. The summed E-state index contributed by atoms with van der Waals surface area (Å²) in [5, 5.41) is 22.9. The number of anilines is 1. The van der Waals surface area contributed by atoms with Crippen molar-refractivity contribution < 1.29 is 33.7 Å². The Kier molecular flexibility index (Phi) is 6.52. The molecule has 2 amide bonds. The molecule has 1 unspecified atom stereocenters. The molecule has 8 nitrogen and oxygen atoms in total. The van der Waals surface area contributed by atoms with Gasteiger partial charge in [-0.05, 0) is 41.3 Å². The van der Waals surface area contributed by atoms with E-state index in [1.807, 2.05) is 48.5 Å². The van der Waals surface area contributed by atoms with Gasteiger partial charge in [-0.3, -0.25) is 10.1 Å². The molecule has 4 rings (SSSR count). The van der Waals surface area contributed by atoms with Crippen molar-refractivity contribution in [1.29, 1.82) is 0 Å². The monoisotopic (exact) mass is 478 g/mol. The third kappa shape index (κ3) is 4.58. The summed E-state index contributed by atoms with van der Waals surface area (Å²) >= 11 is 0. The zero-order valence-corrected chi connectivity index (χ0v) is 18.7. The predicted octanol–water partition coefficient (Wildman–Crippen LogP) is 3.75. The first-order valence-corrected chi connectivity index (χ1v) is 10.8. The van der Waals surface area contributed by atoms with Gasteiger partial charge in [-0.25, -0.2) is 14.0 Å². The first-order chi connectivity index (χ1) is 16.7. The maximum absolute atomic E-state index is 15.0. The van der Waals surface area contributed by atoms with Crippen LogP contribution in [-0.2, 0) is 9.53 Å². The van der Waals surface area contributed by atoms with Crippen LogP contribution < -0.4 is 10.6 Å². The summed E-state index contributed by atoms with van der Waals surface area (Å²) in [4.78, 5) is 36.2. The van der Waals surface area contributed by atoms with E-state index >= 15 is 0 Å². The normalized spacial score (nSPS) is 13.8. The highest BCUT2D eigenvalue weighted by Gasteiger charge is 2.35. The molecule has 180 valence electrons. The zero-order chi connectivity index (χ0) is 25.2. The maximum Gasteiger partial charge on any atom is 0.411 e. The summed E-state index contributed by atoms with van der Waals surface area (Å²) in [6, 6.07) is 19.4. The third-order valence-corrected chi connectivity index (χ3v) is 6.00. The Bertz CT molecular complexity index is 1270. The number of hydrogen-bond donors (Lipinski definition) is 4. The van der Waals surface area contributed by atoms with Gasteiger partial charge < -0.3 is 20.3 Å². The number of carboxylic acid groups (broad SMARTS) is 1. The van der Waals surface area contributed by atoms with E-state index in [0.29, 0.717) is 0 Å². The molecule has 0 bridgehead atoms. The van der Waals surface area contributed by atoms with Crippen molar-refractivity contribution in [1.82, 2.24) is 5.32 Å². The third-order valence-electron chi connectivity index (χ3n) is 6.00. The fraction of sp³-hybridized carbons (Fsp3) is 0.192. The molecule has 1 atom stereocenters. The lowest BCUT2D eigenvalue weighted by Crippen LogP contribution is -2.55. The minimum absolute atomic E-state index is 0.0229. The SMILES string of the molecule is CC(CO)(NC(=O)c1cccc(NC(=O)OCC2c3ccccc3-c3ccccc32)c1F)C(=O)O. The van der Waals surface area contributed by atoms with Crippen LogP contribution in [0.2, 0.25) is 0 Å². The number of rotatable bonds is 7. The number of aliphatic carboxylic acids is 1. The average Bonchev–Trinajstić information content (AvgIpc) is 3.17. The van der Waals surface area contributed by atoms with Crippen molar-refractivity contribution in [2.24, 2.45) is 0 Å². The van der Waals surface area contributed by atoms with E-state index in [4.69, 9.17) is 4.74 Å². The summed E-state index contributed by atoms with van der Waals surface area (Å²) in [7, 11) is 0. The van der Waals surface area contributed by atoms with Crippen LogP contribution in [-0.4, -0.2) is 46.9 Å². The number of aliphatic hydroxyl groups excluding tert-OH is 1. The predicted molar refractivity (Wildman–Crippen MR) is 126 cm³/mol. The Hall–Kier alpha value is -4.24. The molecule has 4 N–H and O–H groups in total. The van der Waals surface area contributed by atoms with Gasteiger partial charge >= 0.3 is 12.1 Å². The molecule has 0 spiro atoms. The quantitative estimate of drug-likeness (QED) is 0.410. The molecule has 0 fully saturated rings. The molecular formula is C26H23FN2O6. The van der Waals surface area contributed by atoms with Crippen molar-refractivity contribution >= 4 is 23.7 Å². The van der Waals surface area contributed by atoms with E-state index in [1.165, 1.54) is 12.1 Å². The van der Waals surface area contributed by atoms with Gasteiger partial charge in [-0.2, -0.15) is 0 Å². The van der Waals surface area contributed by atoms with Crippen LogP contribution in [0.1, 0.15) is 34.3 Å². The van der Waals surface area contributed by atoms with E-state index in [0.717, 1.165) is 35.2 Å². The van der Waals surface area contributed by atoms with Crippen molar-refractivity contribution in [3.63, 3.8) is 0 Å². The number of nitrogens with one attached hydrogen (secondary N) is 2. The standard InChI is InChI=1S/C26H23FN2O6/c1-26(14-30,24(32)33)29-23(31)19-11-6-12-21(22(19)27)28-25(34)35-13-20-17-9-4-2-7-15(17)16-8-3-5-10-18(16)20/h2-12,20,30H,13-14H2,1H3,(H,28,34)(H,29,31)(H,32,33). The number of benzene rings is 3. The first-order valence-electron chi connectivity index (χ1n) is 10.8. The fourth-order valence-corrected chi connectivity index (χ4v) is 4.03. The molecule has 0 aromatic heterocycles. The molecule has 0 saturated carbocycles. The Balaban J connectivity index is 1.46. The van der Waals surface area contributed by atoms with E-state index < -0.39 is 41.5 Å². The lowest BCUT2D eigenvalue weighted by Gasteiger charge is -2.23. The highest BCUT2D eigenvalue weighted by molar-refractivity contribution is 5.99. The van der Waals surface area contributed by atoms with E-state index in [-0.39, 0.29) is 18.2 Å². The van der Waals surface area contributed by atoms with Gasteiger partial charge in [0.15, 0.2) is 11.4 Å². The number of aliphatic hydroxyl groups is 1. The van der Waals surface area contributed by atoms with Gasteiger partial charge in [0.2, 0.25) is 0 Å². The number of ether oxygens (including phenoxy) is 1. The van der Waals surface area contributed by atoms with Gasteiger partial charge in [0, 0.05) is 5.92 Å². The second kappa shape index (κ2) is 9.55. The van der Waals surface area contributed by atoms with E-state index in [1.54, 1.807) is 0 Å². The molecular weight excluding hydrogens is 455 g/mol. The molecule has 3 aromatic carbocycles. The molecule has 9 heteroatoms. The van der Waals surface area contributed by atoms with Crippen LogP contribution in [0.3, 0.4) is 0 Å². The summed E-state index contributed by atoms with van der Waals surface area (Å²) in [6.45, 7) is 0.215. The first kappa shape index (κ1) is 23.9. The van der Waals surface area contributed by atoms with E-state index in [2.05, 4.69) is 10.6 Å². The summed E-state index contributed by atoms with van der Waals surface area (Å²) in [5.74, 6) is -3.79. The molecule has 1 aliphatic rings. The summed E-state index contributed by atoms with van der Waals surface area (Å²) < 4.78 is 20.4. The van der Waals surface area contributed by atoms with Gasteiger partial charge in [0.05, 0.1) is 17.9 Å². The zero-order valence-electron chi connectivity index (χ0n) is 18.7. The minimum Gasteiger partial charge on any atom is -0.479 e. The molecule has 0 heterocycles. The molecule has 0 aliphatic heterocycles. The van der Waals surface area contributed by atoms with Crippen LogP contribution in [0.4, 0.5) is 14.9 Å². The number of amides is 2. The van der Waals surface area contributed by atoms with Gasteiger partial charge in [-0.1, -0.05) is 54.6 Å². The number of carboxylic acids is 1. The van der Waals surface area contributed by atoms with Crippen molar-refractivity contribution in [2.75, 3.05) is 18.5 Å². The molecule has 3 aromatic rings. The smallest absolute Gasteiger partial charge is 0.411 e. The van der Waals surface area contributed by atoms with Crippen LogP contribution in [0.5, 0.6) is 0 Å². The lowest BCUT2D eigenvalue weighted by atomic mass is 9.98. The van der Waals surface area contributed by atoms with Crippen molar-refractivity contribution in [2.45, 2.75) is 18.4 Å². The second-order valence-electron chi connectivity index (χ2n) is 8.37. The fourth-order valence-electron chi connectivity index (χ4n) is 4.03. The number of fused-ring (bicyclic) bond motifs is 3. The number of carbonyl (C=O) groups excluding carboxylic acids is 2. The maximum atomic E-state index is 15.0. The van der Waals surface area contributed by atoms with Crippen LogP contribution in [0.15, 0.2) is 66.7 Å². The minimum atomic E-state index is -2.00.